The molecule has 1 aliphatic heterocycles. The van der Waals surface area contributed by atoms with Crippen LogP contribution >= 0.6 is 15.9 Å². The van der Waals surface area contributed by atoms with E-state index in [9.17, 15) is 0 Å². The van der Waals surface area contributed by atoms with Gasteiger partial charge in [0, 0.05) is 28.6 Å². The monoisotopic (exact) mass is 317 g/mol. The molecule has 4 heteroatoms. The van der Waals surface area contributed by atoms with Crippen LogP contribution in [0.1, 0.15) is 23.5 Å². The van der Waals surface area contributed by atoms with Crippen molar-refractivity contribution >= 4 is 15.9 Å². The van der Waals surface area contributed by atoms with Crippen molar-refractivity contribution in [1.29, 1.82) is 0 Å². The minimum Gasteiger partial charge on any atom is -0.345 e. The summed E-state index contributed by atoms with van der Waals surface area (Å²) in [5.41, 5.74) is 5.10. The number of hydrogen-bond acceptors (Lipinski definition) is 2. The van der Waals surface area contributed by atoms with Gasteiger partial charge in [-0.2, -0.15) is 0 Å². The second-order valence-electron chi connectivity index (χ2n) is 5.52. The largest absolute Gasteiger partial charge is 0.345 e. The molecule has 19 heavy (non-hydrogen) atoms. The molecule has 3 nitrogen and oxygen atoms in total. The molecule has 1 saturated heterocycles. The van der Waals surface area contributed by atoms with Crippen LogP contribution in [0.15, 0.2) is 22.7 Å². The van der Waals surface area contributed by atoms with E-state index in [1.807, 2.05) is 0 Å². The number of nitrogens with one attached hydrogen (secondary N) is 2. The van der Waals surface area contributed by atoms with Crippen LogP contribution in [0.5, 0.6) is 0 Å². The molecule has 1 unspecified atom stereocenters. The average molecular weight is 318 g/mol. The van der Waals surface area contributed by atoms with E-state index in [-0.39, 0.29) is 0 Å². The molecule has 0 spiro atoms. The van der Waals surface area contributed by atoms with E-state index < -0.39 is 0 Å². The number of aromatic amines is 1. The Balaban J connectivity index is 1.65. The molecule has 0 saturated carbocycles. The minimum atomic E-state index is 0.744. The van der Waals surface area contributed by atoms with Crippen molar-refractivity contribution in [2.24, 2.45) is 5.92 Å². The van der Waals surface area contributed by atoms with Gasteiger partial charge >= 0.3 is 0 Å². The standard InChI is InChI=1S/C15H16BrN3/c16-12-3-1-2-10-11(12)7-13-15(10)19-14(18-13)6-9-4-5-17-8-9/h1-3,9,17H,4-8H2,(H,18,19). The number of nitrogens with zero attached hydrogens (tertiary/aromatic N) is 1. The zero-order chi connectivity index (χ0) is 12.8. The van der Waals surface area contributed by atoms with Gasteiger partial charge < -0.3 is 10.3 Å². The highest BCUT2D eigenvalue weighted by atomic mass is 79.9. The van der Waals surface area contributed by atoms with Crippen LogP contribution in [0.4, 0.5) is 0 Å². The summed E-state index contributed by atoms with van der Waals surface area (Å²) in [4.78, 5) is 8.37. The van der Waals surface area contributed by atoms with Gasteiger partial charge in [-0.05, 0) is 37.1 Å². The Morgan fingerprint density at radius 3 is 3.16 bits per heavy atom. The van der Waals surface area contributed by atoms with Crippen molar-refractivity contribution in [1.82, 2.24) is 15.3 Å². The van der Waals surface area contributed by atoms with Crippen molar-refractivity contribution in [2.45, 2.75) is 19.3 Å². The lowest BCUT2D eigenvalue weighted by atomic mass is 10.0. The summed E-state index contributed by atoms with van der Waals surface area (Å²) < 4.78 is 1.19. The van der Waals surface area contributed by atoms with Gasteiger partial charge in [0.15, 0.2) is 0 Å². The van der Waals surface area contributed by atoms with E-state index in [0.29, 0.717) is 0 Å². The van der Waals surface area contributed by atoms with Crippen LogP contribution in [0, 0.1) is 5.92 Å². The Morgan fingerprint density at radius 1 is 1.37 bits per heavy atom. The molecule has 1 aliphatic carbocycles. The topological polar surface area (TPSA) is 40.7 Å². The predicted octanol–water partition coefficient (Wildman–Crippen LogP) is 2.90. The molecular weight excluding hydrogens is 302 g/mol. The number of hydrogen-bond donors (Lipinski definition) is 2. The Hall–Kier alpha value is -1.13. The van der Waals surface area contributed by atoms with Crippen LogP contribution in [0.2, 0.25) is 0 Å². The first-order chi connectivity index (χ1) is 9.31. The summed E-state index contributed by atoms with van der Waals surface area (Å²) in [5.74, 6) is 1.90. The fraction of sp³-hybridized carbons (Fsp3) is 0.400. The number of fused-ring (bicyclic) bond motifs is 3. The highest BCUT2D eigenvalue weighted by Crippen LogP contribution is 2.38. The molecule has 2 aliphatic rings. The lowest BCUT2D eigenvalue weighted by Crippen LogP contribution is -2.11. The molecule has 2 aromatic rings. The summed E-state index contributed by atoms with van der Waals surface area (Å²) in [7, 11) is 0. The minimum absolute atomic E-state index is 0.744. The molecule has 1 aromatic heterocycles. The van der Waals surface area contributed by atoms with E-state index in [1.54, 1.807) is 0 Å². The van der Waals surface area contributed by atoms with Crippen molar-refractivity contribution < 1.29 is 0 Å². The quantitative estimate of drug-likeness (QED) is 0.763. The lowest BCUT2D eigenvalue weighted by molar-refractivity contribution is 0.564. The summed E-state index contributed by atoms with van der Waals surface area (Å²) in [6.07, 6.45) is 3.32. The number of benzene rings is 1. The summed E-state index contributed by atoms with van der Waals surface area (Å²) in [6, 6.07) is 6.37. The summed E-state index contributed by atoms with van der Waals surface area (Å²) in [6.45, 7) is 2.29. The highest BCUT2D eigenvalue weighted by Gasteiger charge is 2.25. The molecule has 0 amide bonds. The maximum atomic E-state index is 4.83. The first kappa shape index (κ1) is 11.7. The summed E-state index contributed by atoms with van der Waals surface area (Å²) >= 11 is 3.63. The van der Waals surface area contributed by atoms with E-state index in [0.717, 1.165) is 43.4 Å². The molecule has 1 atom stereocenters. The average Bonchev–Trinajstić information content (AvgIpc) is 3.07. The van der Waals surface area contributed by atoms with Crippen LogP contribution < -0.4 is 5.32 Å². The Labute approximate surface area is 121 Å². The fourth-order valence-corrected chi connectivity index (χ4v) is 3.72. The summed E-state index contributed by atoms with van der Waals surface area (Å²) in [5, 5.41) is 3.42. The number of H-pyrrole nitrogens is 1. The van der Waals surface area contributed by atoms with E-state index in [2.05, 4.69) is 44.4 Å². The van der Waals surface area contributed by atoms with Crippen molar-refractivity contribution in [3.05, 3.63) is 39.8 Å². The van der Waals surface area contributed by atoms with Crippen molar-refractivity contribution in [3.63, 3.8) is 0 Å². The fourth-order valence-electron chi connectivity index (χ4n) is 3.21. The zero-order valence-corrected chi connectivity index (χ0v) is 12.3. The third kappa shape index (κ3) is 1.94. The number of imidazole rings is 1. The van der Waals surface area contributed by atoms with Crippen LogP contribution in [-0.4, -0.2) is 23.1 Å². The Kier molecular flexibility index (Phi) is 2.74. The van der Waals surface area contributed by atoms with E-state index >= 15 is 0 Å². The van der Waals surface area contributed by atoms with E-state index in [1.165, 1.54) is 27.7 Å². The number of aromatic nitrogens is 2. The first-order valence-electron chi connectivity index (χ1n) is 6.87. The molecular formula is C15H16BrN3. The molecule has 1 aromatic carbocycles. The smallest absolute Gasteiger partial charge is 0.107 e. The maximum Gasteiger partial charge on any atom is 0.107 e. The third-order valence-corrected chi connectivity index (χ3v) is 4.94. The van der Waals surface area contributed by atoms with Gasteiger partial charge in [-0.25, -0.2) is 4.98 Å². The Morgan fingerprint density at radius 2 is 2.32 bits per heavy atom. The van der Waals surface area contributed by atoms with Crippen molar-refractivity contribution in [2.75, 3.05) is 13.1 Å². The highest BCUT2D eigenvalue weighted by molar-refractivity contribution is 9.10. The number of halogens is 1. The SMILES string of the molecule is Brc1cccc2c1Cc1[nH]c(CC3CCNC3)nc1-2. The maximum absolute atomic E-state index is 4.83. The van der Waals surface area contributed by atoms with Gasteiger partial charge in [0.2, 0.25) is 0 Å². The Bertz CT molecular complexity index is 626. The molecule has 0 bridgehead atoms. The molecule has 4 rings (SSSR count). The zero-order valence-electron chi connectivity index (χ0n) is 10.7. The van der Waals surface area contributed by atoms with Crippen LogP contribution in [0.25, 0.3) is 11.3 Å². The van der Waals surface area contributed by atoms with E-state index in [4.69, 9.17) is 4.98 Å². The van der Waals surface area contributed by atoms with Crippen LogP contribution in [-0.2, 0) is 12.8 Å². The second kappa shape index (κ2) is 4.46. The molecule has 0 radical (unpaired) electrons. The number of rotatable bonds is 2. The third-order valence-electron chi connectivity index (χ3n) is 4.20. The predicted molar refractivity (Wildman–Crippen MR) is 79.2 cm³/mol. The molecule has 2 N–H and O–H groups in total. The van der Waals surface area contributed by atoms with Crippen LogP contribution in [0.3, 0.4) is 0 Å². The van der Waals surface area contributed by atoms with Gasteiger partial charge in [0.25, 0.3) is 0 Å². The molecule has 1 fully saturated rings. The van der Waals surface area contributed by atoms with Gasteiger partial charge in [0.1, 0.15) is 5.82 Å². The normalized spacial score (nSPS) is 20.6. The first-order valence-corrected chi connectivity index (χ1v) is 7.67. The van der Waals surface area contributed by atoms with Gasteiger partial charge in [-0.3, -0.25) is 0 Å². The van der Waals surface area contributed by atoms with Crippen molar-refractivity contribution in [3.8, 4) is 11.3 Å². The second-order valence-corrected chi connectivity index (χ2v) is 6.37. The lowest BCUT2D eigenvalue weighted by Gasteiger charge is -2.05. The molecule has 2 heterocycles. The van der Waals surface area contributed by atoms with Gasteiger partial charge in [-0.15, -0.1) is 0 Å². The van der Waals surface area contributed by atoms with Gasteiger partial charge in [-0.1, -0.05) is 28.1 Å². The molecule has 98 valence electrons. The van der Waals surface area contributed by atoms with Gasteiger partial charge in [0.05, 0.1) is 5.69 Å².